The molecule has 0 spiro atoms. The van der Waals surface area contributed by atoms with Gasteiger partial charge in [0.05, 0.1) is 6.54 Å². The molecule has 5 heteroatoms. The maximum absolute atomic E-state index is 13.4. The molecule has 0 aromatic heterocycles. The number of benzene rings is 1. The molecule has 1 amide bonds. The molecule has 21 heavy (non-hydrogen) atoms. The van der Waals surface area contributed by atoms with E-state index < -0.39 is 0 Å². The van der Waals surface area contributed by atoms with Crippen LogP contribution in [0.25, 0.3) is 0 Å². The van der Waals surface area contributed by atoms with E-state index >= 15 is 0 Å². The Hall–Kier alpha value is -1.62. The average molecular weight is 294 g/mol. The van der Waals surface area contributed by atoms with Gasteiger partial charge in [0, 0.05) is 19.0 Å². The van der Waals surface area contributed by atoms with Gasteiger partial charge in [0.1, 0.15) is 6.61 Å². The molecule has 1 N–H and O–H groups in total. The molecule has 0 saturated carbocycles. The second kappa shape index (κ2) is 7.41. The van der Waals surface area contributed by atoms with Gasteiger partial charge in [-0.1, -0.05) is 12.1 Å². The van der Waals surface area contributed by atoms with Crippen LogP contribution in [-0.4, -0.2) is 43.6 Å². The van der Waals surface area contributed by atoms with Gasteiger partial charge >= 0.3 is 0 Å². The van der Waals surface area contributed by atoms with Crippen LogP contribution in [0.4, 0.5) is 4.39 Å². The highest BCUT2D eigenvalue weighted by atomic mass is 19.1. The van der Waals surface area contributed by atoms with Gasteiger partial charge in [0.2, 0.25) is 5.91 Å². The highest BCUT2D eigenvalue weighted by molar-refractivity contribution is 5.78. The molecule has 2 rings (SSSR count). The van der Waals surface area contributed by atoms with Crippen molar-refractivity contribution in [3.8, 4) is 5.75 Å². The van der Waals surface area contributed by atoms with Crippen molar-refractivity contribution >= 4 is 5.91 Å². The Morgan fingerprint density at radius 1 is 1.48 bits per heavy atom. The fourth-order valence-electron chi connectivity index (χ4n) is 2.63. The second-order valence-electron chi connectivity index (χ2n) is 5.62. The van der Waals surface area contributed by atoms with Gasteiger partial charge in [-0.15, -0.1) is 0 Å². The van der Waals surface area contributed by atoms with Gasteiger partial charge in [0.25, 0.3) is 0 Å². The van der Waals surface area contributed by atoms with Crippen LogP contribution in [0.15, 0.2) is 24.3 Å². The van der Waals surface area contributed by atoms with Crippen LogP contribution in [0, 0.1) is 11.7 Å². The lowest BCUT2D eigenvalue weighted by Crippen LogP contribution is -2.43. The summed E-state index contributed by atoms with van der Waals surface area (Å²) in [6.07, 6.45) is 1.75. The van der Waals surface area contributed by atoms with Crippen molar-refractivity contribution < 1.29 is 13.9 Å². The average Bonchev–Trinajstić information content (AvgIpc) is 2.48. The molecule has 1 aliphatic heterocycles. The lowest BCUT2D eigenvalue weighted by molar-refractivity contribution is -0.135. The van der Waals surface area contributed by atoms with E-state index in [4.69, 9.17) is 4.74 Å². The molecule has 0 radical (unpaired) electrons. The summed E-state index contributed by atoms with van der Waals surface area (Å²) in [5, 5.41) is 3.34. The van der Waals surface area contributed by atoms with Crippen LogP contribution < -0.4 is 10.1 Å². The molecule has 1 aromatic rings. The third kappa shape index (κ3) is 4.43. The standard InChI is InChI=1S/C16H23FN2O2/c1-12-11-13(7-8-18-12)16(20)19(2)9-10-21-15-6-4-3-5-14(15)17/h3-6,12-13,18H,7-11H2,1-2H3. The SMILES string of the molecule is CC1CC(C(=O)N(C)CCOc2ccccc2F)CCN1. The molecular formula is C16H23FN2O2. The Morgan fingerprint density at radius 2 is 2.24 bits per heavy atom. The van der Waals surface area contributed by atoms with Crippen LogP contribution in [0.2, 0.25) is 0 Å². The monoisotopic (exact) mass is 294 g/mol. The Balaban J connectivity index is 1.77. The summed E-state index contributed by atoms with van der Waals surface area (Å²) in [5.74, 6) is 0.0905. The number of nitrogens with one attached hydrogen (secondary N) is 1. The van der Waals surface area contributed by atoms with Crippen molar-refractivity contribution in [3.63, 3.8) is 0 Å². The van der Waals surface area contributed by atoms with Crippen molar-refractivity contribution in [2.45, 2.75) is 25.8 Å². The van der Waals surface area contributed by atoms with Crippen LogP contribution in [0.3, 0.4) is 0 Å². The fourth-order valence-corrected chi connectivity index (χ4v) is 2.63. The summed E-state index contributed by atoms with van der Waals surface area (Å²) in [6.45, 7) is 3.74. The maximum Gasteiger partial charge on any atom is 0.225 e. The lowest BCUT2D eigenvalue weighted by Gasteiger charge is -2.30. The van der Waals surface area contributed by atoms with Crippen LogP contribution in [0.5, 0.6) is 5.75 Å². The zero-order valence-corrected chi connectivity index (χ0v) is 12.6. The molecule has 4 nitrogen and oxygen atoms in total. The van der Waals surface area contributed by atoms with Gasteiger partial charge < -0.3 is 15.0 Å². The number of ether oxygens (including phenoxy) is 1. The number of amides is 1. The minimum absolute atomic E-state index is 0.0831. The fraction of sp³-hybridized carbons (Fsp3) is 0.562. The van der Waals surface area contributed by atoms with Gasteiger partial charge in [-0.05, 0) is 38.4 Å². The quantitative estimate of drug-likeness (QED) is 0.903. The van der Waals surface area contributed by atoms with Crippen LogP contribution in [-0.2, 0) is 4.79 Å². The summed E-state index contributed by atoms with van der Waals surface area (Å²) >= 11 is 0. The largest absolute Gasteiger partial charge is 0.489 e. The number of nitrogens with zero attached hydrogens (tertiary/aromatic N) is 1. The molecule has 1 heterocycles. The maximum atomic E-state index is 13.4. The van der Waals surface area contributed by atoms with Gasteiger partial charge in [-0.2, -0.15) is 0 Å². The Morgan fingerprint density at radius 3 is 2.95 bits per heavy atom. The van der Waals surface area contributed by atoms with Crippen molar-refractivity contribution in [2.24, 2.45) is 5.92 Å². The smallest absolute Gasteiger partial charge is 0.225 e. The minimum atomic E-state index is -0.376. The van der Waals surface area contributed by atoms with Crippen molar-refractivity contribution in [1.82, 2.24) is 10.2 Å². The predicted molar refractivity (Wildman–Crippen MR) is 79.7 cm³/mol. The van der Waals surface area contributed by atoms with Gasteiger partial charge in [-0.3, -0.25) is 4.79 Å². The third-order valence-electron chi connectivity index (χ3n) is 3.87. The summed E-state index contributed by atoms with van der Waals surface area (Å²) in [7, 11) is 1.78. The zero-order valence-electron chi connectivity index (χ0n) is 12.6. The summed E-state index contributed by atoms with van der Waals surface area (Å²) < 4.78 is 18.8. The Kier molecular flexibility index (Phi) is 5.56. The van der Waals surface area contributed by atoms with Gasteiger partial charge in [0.15, 0.2) is 11.6 Å². The number of hydrogen-bond acceptors (Lipinski definition) is 3. The third-order valence-corrected chi connectivity index (χ3v) is 3.87. The Labute approximate surface area is 125 Å². The molecular weight excluding hydrogens is 271 g/mol. The van der Waals surface area contributed by atoms with Crippen molar-refractivity contribution in [2.75, 3.05) is 26.7 Å². The number of likely N-dealkylation sites (N-methyl/N-ethyl adjacent to an activating group) is 1. The topological polar surface area (TPSA) is 41.6 Å². The van der Waals surface area contributed by atoms with Crippen LogP contribution >= 0.6 is 0 Å². The first-order chi connectivity index (χ1) is 10.1. The molecule has 1 aromatic carbocycles. The highest BCUT2D eigenvalue weighted by Gasteiger charge is 2.26. The molecule has 0 bridgehead atoms. The summed E-state index contributed by atoms with van der Waals surface area (Å²) in [4.78, 5) is 14.0. The van der Waals surface area contributed by atoms with E-state index in [-0.39, 0.29) is 23.4 Å². The van der Waals surface area contributed by atoms with Crippen molar-refractivity contribution in [1.29, 1.82) is 0 Å². The number of para-hydroxylation sites is 1. The van der Waals surface area contributed by atoms with E-state index in [1.807, 2.05) is 0 Å². The van der Waals surface area contributed by atoms with E-state index in [0.717, 1.165) is 19.4 Å². The first kappa shape index (κ1) is 15.8. The van der Waals surface area contributed by atoms with Crippen molar-refractivity contribution in [3.05, 3.63) is 30.1 Å². The predicted octanol–water partition coefficient (Wildman–Crippen LogP) is 2.05. The van der Waals surface area contributed by atoms with Crippen LogP contribution in [0.1, 0.15) is 19.8 Å². The molecule has 116 valence electrons. The van der Waals surface area contributed by atoms with Gasteiger partial charge in [-0.25, -0.2) is 4.39 Å². The van der Waals surface area contributed by atoms with E-state index in [9.17, 15) is 9.18 Å². The number of halogens is 1. The highest BCUT2D eigenvalue weighted by Crippen LogP contribution is 2.18. The normalized spacial score (nSPS) is 21.9. The number of carbonyl (C=O) groups is 1. The minimum Gasteiger partial charge on any atom is -0.489 e. The second-order valence-corrected chi connectivity index (χ2v) is 5.62. The number of rotatable bonds is 5. The zero-order chi connectivity index (χ0) is 15.2. The Bertz CT molecular complexity index is 481. The molecule has 1 aliphatic rings. The molecule has 1 fully saturated rings. The summed E-state index contributed by atoms with van der Waals surface area (Å²) in [6, 6.07) is 6.68. The summed E-state index contributed by atoms with van der Waals surface area (Å²) in [5.41, 5.74) is 0. The number of hydrogen-bond donors (Lipinski definition) is 1. The van der Waals surface area contributed by atoms with E-state index in [0.29, 0.717) is 19.2 Å². The van der Waals surface area contributed by atoms with E-state index in [1.165, 1.54) is 6.07 Å². The lowest BCUT2D eigenvalue weighted by atomic mass is 9.92. The molecule has 2 atom stereocenters. The first-order valence-electron chi connectivity index (χ1n) is 7.43. The molecule has 0 aliphatic carbocycles. The molecule has 1 saturated heterocycles. The van der Waals surface area contributed by atoms with E-state index in [1.54, 1.807) is 30.1 Å². The number of carbonyl (C=O) groups excluding carboxylic acids is 1. The number of piperidine rings is 1. The first-order valence-corrected chi connectivity index (χ1v) is 7.43. The van der Waals surface area contributed by atoms with E-state index in [2.05, 4.69) is 12.2 Å². The molecule has 2 unspecified atom stereocenters.